The van der Waals surface area contributed by atoms with E-state index in [1.54, 1.807) is 12.1 Å². The van der Waals surface area contributed by atoms with E-state index in [0.29, 0.717) is 12.1 Å². The zero-order valence-corrected chi connectivity index (χ0v) is 12.5. The summed E-state index contributed by atoms with van der Waals surface area (Å²) in [7, 11) is 6.16. The average Bonchev–Trinajstić information content (AvgIpc) is 2.33. The maximum Gasteiger partial charge on any atom is 0.176 e. The molecular formula is C16H23FN2O. The zero-order chi connectivity index (χ0) is 14.8. The molecule has 0 unspecified atom stereocenters. The molecule has 1 saturated carbocycles. The average molecular weight is 278 g/mol. The molecule has 0 saturated heterocycles. The lowest BCUT2D eigenvalue weighted by molar-refractivity contribution is 0.0280. The Balaban J connectivity index is 1.94. The second kappa shape index (κ2) is 6.02. The molecule has 0 amide bonds. The summed E-state index contributed by atoms with van der Waals surface area (Å²) in [5.41, 5.74) is 0.654. The van der Waals surface area contributed by atoms with Gasteiger partial charge in [-0.25, -0.2) is 4.39 Å². The Morgan fingerprint density at radius 1 is 1.30 bits per heavy atom. The molecular weight excluding hydrogens is 255 g/mol. The van der Waals surface area contributed by atoms with Crippen molar-refractivity contribution in [3.63, 3.8) is 0 Å². The van der Waals surface area contributed by atoms with Crippen LogP contribution in [0.5, 0.6) is 0 Å². The minimum atomic E-state index is -0.359. The number of rotatable bonds is 6. The van der Waals surface area contributed by atoms with E-state index in [0.717, 1.165) is 6.54 Å². The number of Topliss-reactive ketones (excluding diaryl/α,β-unsaturated/α-hetero) is 1. The molecule has 1 aliphatic carbocycles. The number of ketones is 1. The summed E-state index contributed by atoms with van der Waals surface area (Å²) in [4.78, 5) is 16.5. The van der Waals surface area contributed by atoms with Gasteiger partial charge >= 0.3 is 0 Å². The fourth-order valence-electron chi connectivity index (χ4n) is 2.89. The Morgan fingerprint density at radius 3 is 2.50 bits per heavy atom. The highest BCUT2D eigenvalue weighted by atomic mass is 19.1. The molecule has 0 bridgehead atoms. The summed E-state index contributed by atoms with van der Waals surface area (Å²) >= 11 is 0. The van der Waals surface area contributed by atoms with Gasteiger partial charge in [0.2, 0.25) is 0 Å². The van der Waals surface area contributed by atoms with E-state index < -0.39 is 0 Å². The molecule has 0 heterocycles. The SMILES string of the molecule is CN(CC(=O)c1cccc(F)c1)CC1(N(C)C)CCC1. The molecule has 110 valence electrons. The molecule has 0 aromatic heterocycles. The number of carbonyl (C=O) groups is 1. The van der Waals surface area contributed by atoms with E-state index in [9.17, 15) is 9.18 Å². The van der Waals surface area contributed by atoms with Crippen LogP contribution in [0.2, 0.25) is 0 Å². The Bertz CT molecular complexity index is 483. The smallest absolute Gasteiger partial charge is 0.176 e. The van der Waals surface area contributed by atoms with Crippen LogP contribution in [-0.4, -0.2) is 55.4 Å². The van der Waals surface area contributed by atoms with Crippen molar-refractivity contribution in [3.8, 4) is 0 Å². The summed E-state index contributed by atoms with van der Waals surface area (Å²) in [6.07, 6.45) is 3.61. The van der Waals surface area contributed by atoms with E-state index in [4.69, 9.17) is 0 Å². The van der Waals surface area contributed by atoms with Gasteiger partial charge in [0.15, 0.2) is 5.78 Å². The van der Waals surface area contributed by atoms with E-state index in [2.05, 4.69) is 19.0 Å². The lowest BCUT2D eigenvalue weighted by Gasteiger charge is -2.49. The molecule has 0 spiro atoms. The normalized spacial score (nSPS) is 17.3. The molecule has 0 atom stereocenters. The van der Waals surface area contributed by atoms with Gasteiger partial charge < -0.3 is 4.90 Å². The summed E-state index contributed by atoms with van der Waals surface area (Å²) in [5, 5.41) is 0. The maximum atomic E-state index is 13.1. The molecule has 20 heavy (non-hydrogen) atoms. The topological polar surface area (TPSA) is 23.6 Å². The van der Waals surface area contributed by atoms with Crippen LogP contribution in [0.4, 0.5) is 4.39 Å². The molecule has 2 rings (SSSR count). The third kappa shape index (κ3) is 3.25. The van der Waals surface area contributed by atoms with Crippen molar-refractivity contribution in [2.75, 3.05) is 34.2 Å². The first-order valence-corrected chi connectivity index (χ1v) is 7.08. The van der Waals surface area contributed by atoms with Crippen molar-refractivity contribution in [2.45, 2.75) is 24.8 Å². The van der Waals surface area contributed by atoms with Gasteiger partial charge in [-0.3, -0.25) is 9.69 Å². The summed E-state index contributed by atoms with van der Waals surface area (Å²) in [6.45, 7) is 1.21. The van der Waals surface area contributed by atoms with E-state index in [1.807, 2.05) is 11.9 Å². The highest BCUT2D eigenvalue weighted by molar-refractivity contribution is 5.97. The number of hydrogen-bond donors (Lipinski definition) is 0. The first-order valence-electron chi connectivity index (χ1n) is 7.08. The lowest BCUT2D eigenvalue weighted by atomic mass is 9.75. The highest BCUT2D eigenvalue weighted by Gasteiger charge is 2.39. The van der Waals surface area contributed by atoms with Crippen LogP contribution < -0.4 is 0 Å². The predicted molar refractivity (Wildman–Crippen MR) is 78.5 cm³/mol. The largest absolute Gasteiger partial charge is 0.302 e. The number of benzene rings is 1. The van der Waals surface area contributed by atoms with Gasteiger partial charge in [0.25, 0.3) is 0 Å². The second-order valence-electron chi connectivity index (χ2n) is 6.08. The van der Waals surface area contributed by atoms with Crippen LogP contribution >= 0.6 is 0 Å². The standard InChI is InChI=1S/C16H23FN2O/c1-18(2)16(8-5-9-16)12-19(3)11-15(20)13-6-4-7-14(17)10-13/h4,6-7,10H,5,8-9,11-12H2,1-3H3. The quantitative estimate of drug-likeness (QED) is 0.747. The first kappa shape index (κ1) is 15.1. The number of likely N-dealkylation sites (N-methyl/N-ethyl adjacent to an activating group) is 2. The number of nitrogens with zero attached hydrogens (tertiary/aromatic N) is 2. The maximum absolute atomic E-state index is 13.1. The Hall–Kier alpha value is -1.26. The van der Waals surface area contributed by atoms with Crippen molar-refractivity contribution < 1.29 is 9.18 Å². The molecule has 4 heteroatoms. The van der Waals surface area contributed by atoms with Crippen molar-refractivity contribution in [1.29, 1.82) is 0 Å². The van der Waals surface area contributed by atoms with Crippen molar-refractivity contribution in [1.82, 2.24) is 9.80 Å². The Labute approximate surface area is 120 Å². The highest BCUT2D eigenvalue weighted by Crippen LogP contribution is 2.36. The van der Waals surface area contributed by atoms with Gasteiger partial charge in [-0.05, 0) is 52.5 Å². The number of hydrogen-bond acceptors (Lipinski definition) is 3. The minimum absolute atomic E-state index is 0.0276. The van der Waals surface area contributed by atoms with Crippen LogP contribution in [0.3, 0.4) is 0 Å². The second-order valence-corrected chi connectivity index (χ2v) is 6.08. The first-order chi connectivity index (χ1) is 9.43. The lowest BCUT2D eigenvalue weighted by Crippen LogP contribution is -2.57. The van der Waals surface area contributed by atoms with E-state index >= 15 is 0 Å². The summed E-state index contributed by atoms with van der Waals surface area (Å²) in [5.74, 6) is -0.387. The van der Waals surface area contributed by atoms with E-state index in [1.165, 1.54) is 31.4 Å². The number of carbonyl (C=O) groups excluding carboxylic acids is 1. The van der Waals surface area contributed by atoms with Crippen molar-refractivity contribution in [3.05, 3.63) is 35.6 Å². The van der Waals surface area contributed by atoms with Crippen LogP contribution in [0, 0.1) is 5.82 Å². The predicted octanol–water partition coefficient (Wildman–Crippen LogP) is 2.42. The van der Waals surface area contributed by atoms with Gasteiger partial charge in [0.05, 0.1) is 6.54 Å². The molecule has 1 fully saturated rings. The molecule has 3 nitrogen and oxygen atoms in total. The van der Waals surface area contributed by atoms with Crippen molar-refractivity contribution in [2.24, 2.45) is 0 Å². The van der Waals surface area contributed by atoms with Gasteiger partial charge in [-0.1, -0.05) is 12.1 Å². The van der Waals surface area contributed by atoms with Crippen molar-refractivity contribution >= 4 is 5.78 Å². The Morgan fingerprint density at radius 2 is 2.00 bits per heavy atom. The molecule has 0 aliphatic heterocycles. The zero-order valence-electron chi connectivity index (χ0n) is 12.5. The van der Waals surface area contributed by atoms with Crippen LogP contribution in [0.25, 0.3) is 0 Å². The number of halogens is 1. The monoisotopic (exact) mass is 278 g/mol. The molecule has 1 aromatic rings. The summed E-state index contributed by atoms with van der Waals surface area (Å²) < 4.78 is 13.1. The minimum Gasteiger partial charge on any atom is -0.302 e. The van der Waals surface area contributed by atoms with Gasteiger partial charge in [0, 0.05) is 17.6 Å². The third-order valence-electron chi connectivity index (χ3n) is 4.36. The van der Waals surface area contributed by atoms with Gasteiger partial charge in [0.1, 0.15) is 5.82 Å². The Kier molecular flexibility index (Phi) is 4.55. The molecule has 1 aliphatic rings. The summed E-state index contributed by atoms with van der Waals surface area (Å²) in [6, 6.07) is 5.91. The third-order valence-corrected chi connectivity index (χ3v) is 4.36. The van der Waals surface area contributed by atoms with Crippen LogP contribution in [-0.2, 0) is 0 Å². The van der Waals surface area contributed by atoms with E-state index in [-0.39, 0.29) is 17.1 Å². The fourth-order valence-corrected chi connectivity index (χ4v) is 2.89. The fraction of sp³-hybridized carbons (Fsp3) is 0.562. The molecule has 0 N–H and O–H groups in total. The van der Waals surface area contributed by atoms with Gasteiger partial charge in [-0.2, -0.15) is 0 Å². The molecule has 0 radical (unpaired) electrons. The molecule has 1 aromatic carbocycles. The van der Waals surface area contributed by atoms with Gasteiger partial charge in [-0.15, -0.1) is 0 Å². The van der Waals surface area contributed by atoms with Crippen LogP contribution in [0.15, 0.2) is 24.3 Å². The van der Waals surface area contributed by atoms with Crippen LogP contribution in [0.1, 0.15) is 29.6 Å².